The van der Waals surface area contributed by atoms with Crippen LogP contribution in [0.4, 0.5) is 0 Å². The summed E-state index contributed by atoms with van der Waals surface area (Å²) in [5.41, 5.74) is 1.62. The van der Waals surface area contributed by atoms with Crippen LogP contribution in [0.2, 0.25) is 0 Å². The van der Waals surface area contributed by atoms with Gasteiger partial charge in [0.2, 0.25) is 0 Å². The summed E-state index contributed by atoms with van der Waals surface area (Å²) in [5, 5.41) is 25.7. The van der Waals surface area contributed by atoms with Gasteiger partial charge in [0.05, 0.1) is 5.70 Å². The van der Waals surface area contributed by atoms with Gasteiger partial charge >= 0.3 is 0 Å². The molecule has 6 rings (SSSR count). The molecule has 2 aliphatic heterocycles. The van der Waals surface area contributed by atoms with E-state index in [4.69, 9.17) is 0 Å². The molecule has 2 aliphatic carbocycles. The van der Waals surface area contributed by atoms with Crippen LogP contribution >= 0.6 is 0 Å². The smallest absolute Gasteiger partial charge is 0.176 e. The Morgan fingerprint density at radius 1 is 0.971 bits per heavy atom. The molecular formula is C27H42N8. The van der Waals surface area contributed by atoms with Crippen LogP contribution < -0.4 is 0 Å². The lowest BCUT2D eigenvalue weighted by molar-refractivity contribution is -0.0349. The van der Waals surface area contributed by atoms with Crippen molar-refractivity contribution in [2.45, 2.75) is 99.0 Å². The number of aromatic nitrogens is 8. The summed E-state index contributed by atoms with van der Waals surface area (Å²) < 4.78 is 3.99. The van der Waals surface area contributed by atoms with Gasteiger partial charge in [-0.15, -0.1) is 10.2 Å². The lowest BCUT2D eigenvalue weighted by Gasteiger charge is -2.53. The predicted molar refractivity (Wildman–Crippen MR) is 135 cm³/mol. The Labute approximate surface area is 209 Å². The standard InChI is InChI=1S/C27H42N8/c1-17(2)7-6-8-18(3)20-9-10-21-19-15-25-29-31-33-35(25)23-16-24-28-30-32-34(24)14-13-27(23,5)22(19)11-12-26(20,21)4/h16-22H,6-15H2,1-5H3. The molecule has 0 N–H and O–H groups in total. The Hall–Kier alpha value is -2.12. The maximum absolute atomic E-state index is 4.55. The largest absolute Gasteiger partial charge is 0.226 e. The van der Waals surface area contributed by atoms with Crippen molar-refractivity contribution in [1.82, 2.24) is 40.4 Å². The minimum absolute atomic E-state index is 0.00399. The van der Waals surface area contributed by atoms with Crippen molar-refractivity contribution < 1.29 is 0 Å². The molecule has 8 nitrogen and oxygen atoms in total. The van der Waals surface area contributed by atoms with Crippen LogP contribution in [0.1, 0.15) is 97.6 Å². The van der Waals surface area contributed by atoms with Gasteiger partial charge in [0.25, 0.3) is 0 Å². The predicted octanol–water partition coefficient (Wildman–Crippen LogP) is 5.14. The topological polar surface area (TPSA) is 87.2 Å². The summed E-state index contributed by atoms with van der Waals surface area (Å²) in [6.07, 6.45) is 13.7. The molecule has 35 heavy (non-hydrogen) atoms. The number of fused-ring (bicyclic) bond motifs is 8. The van der Waals surface area contributed by atoms with E-state index in [1.165, 1.54) is 50.6 Å². The fourth-order valence-electron chi connectivity index (χ4n) is 9.02. The van der Waals surface area contributed by atoms with E-state index in [2.05, 4.69) is 71.7 Å². The van der Waals surface area contributed by atoms with Crippen LogP contribution in [0.25, 0.3) is 11.8 Å². The number of hydrogen-bond donors (Lipinski definition) is 0. The molecule has 4 heterocycles. The molecule has 2 saturated carbocycles. The molecule has 190 valence electrons. The average molecular weight is 479 g/mol. The Morgan fingerprint density at radius 3 is 2.63 bits per heavy atom. The van der Waals surface area contributed by atoms with Crippen molar-refractivity contribution >= 4 is 11.8 Å². The van der Waals surface area contributed by atoms with Crippen LogP contribution in [-0.2, 0) is 13.0 Å². The van der Waals surface area contributed by atoms with Crippen molar-refractivity contribution in [3.63, 3.8) is 0 Å². The van der Waals surface area contributed by atoms with Crippen LogP contribution in [-0.4, -0.2) is 40.4 Å². The molecule has 2 aromatic rings. The lowest BCUT2D eigenvalue weighted by atomic mass is 9.51. The number of rotatable bonds is 5. The molecule has 0 spiro atoms. The molecule has 2 fully saturated rings. The quantitative estimate of drug-likeness (QED) is 0.591. The first-order valence-electron chi connectivity index (χ1n) is 14.1. The van der Waals surface area contributed by atoms with E-state index in [1.54, 1.807) is 0 Å². The van der Waals surface area contributed by atoms with Gasteiger partial charge in [0.1, 0.15) is 0 Å². The van der Waals surface area contributed by atoms with Crippen molar-refractivity contribution in [3.8, 4) is 0 Å². The van der Waals surface area contributed by atoms with Crippen molar-refractivity contribution in [1.29, 1.82) is 0 Å². The van der Waals surface area contributed by atoms with Gasteiger partial charge in [-0.2, -0.15) is 0 Å². The third-order valence-corrected chi connectivity index (χ3v) is 10.9. The monoisotopic (exact) mass is 478 g/mol. The first kappa shape index (κ1) is 23.3. The van der Waals surface area contributed by atoms with E-state index in [9.17, 15) is 0 Å². The summed E-state index contributed by atoms with van der Waals surface area (Å²) in [6, 6.07) is 0. The second-order valence-corrected chi connectivity index (χ2v) is 13.1. The van der Waals surface area contributed by atoms with Crippen molar-refractivity contribution in [2.75, 3.05) is 0 Å². The molecule has 0 amide bonds. The van der Waals surface area contributed by atoms with Crippen molar-refractivity contribution in [3.05, 3.63) is 11.6 Å². The highest BCUT2D eigenvalue weighted by atomic mass is 15.6. The van der Waals surface area contributed by atoms with Gasteiger partial charge in [-0.05, 0) is 93.9 Å². The van der Waals surface area contributed by atoms with E-state index in [1.807, 2.05) is 9.36 Å². The summed E-state index contributed by atoms with van der Waals surface area (Å²) in [6.45, 7) is 13.2. The molecule has 2 aromatic heterocycles. The fourth-order valence-corrected chi connectivity index (χ4v) is 9.02. The molecule has 0 radical (unpaired) electrons. The Balaban J connectivity index is 1.33. The molecule has 8 heteroatoms. The van der Waals surface area contributed by atoms with E-state index in [0.717, 1.165) is 54.7 Å². The van der Waals surface area contributed by atoms with E-state index < -0.39 is 0 Å². The first-order chi connectivity index (χ1) is 16.8. The maximum atomic E-state index is 4.55. The Kier molecular flexibility index (Phi) is 5.64. The van der Waals surface area contributed by atoms with Gasteiger partial charge in [-0.25, -0.2) is 9.36 Å². The molecule has 7 unspecified atom stereocenters. The van der Waals surface area contributed by atoms with E-state index in [0.29, 0.717) is 17.3 Å². The number of allylic oxidation sites excluding steroid dienone is 1. The zero-order valence-electron chi connectivity index (χ0n) is 22.2. The normalized spacial score (nSPS) is 36.8. The number of tetrazole rings is 2. The second kappa shape index (κ2) is 8.48. The third-order valence-electron chi connectivity index (χ3n) is 10.9. The van der Waals surface area contributed by atoms with Gasteiger partial charge in [-0.1, -0.05) is 53.9 Å². The van der Waals surface area contributed by atoms with Gasteiger partial charge in [0, 0.05) is 24.5 Å². The molecule has 0 aromatic carbocycles. The zero-order chi connectivity index (χ0) is 24.4. The highest BCUT2D eigenvalue weighted by Gasteiger charge is 2.59. The molecule has 0 saturated heterocycles. The zero-order valence-corrected chi connectivity index (χ0v) is 22.2. The number of aryl methyl sites for hydroxylation is 1. The Bertz CT molecular complexity index is 1100. The highest BCUT2D eigenvalue weighted by molar-refractivity contribution is 5.72. The summed E-state index contributed by atoms with van der Waals surface area (Å²) in [7, 11) is 0. The molecular weight excluding hydrogens is 436 g/mol. The minimum atomic E-state index is -0.00399. The SMILES string of the molecule is CC(C)CCCC(C)C1CCC2C3Cc4nnnn4C4=Cc5nnnn5CCC4(C)C3CCC12C. The second-order valence-electron chi connectivity index (χ2n) is 13.1. The minimum Gasteiger partial charge on any atom is -0.226 e. The maximum Gasteiger partial charge on any atom is 0.176 e. The van der Waals surface area contributed by atoms with Gasteiger partial charge < -0.3 is 0 Å². The fraction of sp³-hybridized carbons (Fsp3) is 0.852. The van der Waals surface area contributed by atoms with Crippen molar-refractivity contribution in [2.24, 2.45) is 46.3 Å². The van der Waals surface area contributed by atoms with Crippen LogP contribution in [0, 0.1) is 46.3 Å². The third kappa shape index (κ3) is 3.60. The van der Waals surface area contributed by atoms with E-state index >= 15 is 0 Å². The van der Waals surface area contributed by atoms with Gasteiger partial charge in [0.15, 0.2) is 11.6 Å². The summed E-state index contributed by atoms with van der Waals surface area (Å²) in [5.74, 6) is 6.30. The number of hydrogen-bond acceptors (Lipinski definition) is 6. The highest BCUT2D eigenvalue weighted by Crippen LogP contribution is 2.66. The van der Waals surface area contributed by atoms with E-state index in [-0.39, 0.29) is 5.41 Å². The van der Waals surface area contributed by atoms with Crippen LogP contribution in [0.5, 0.6) is 0 Å². The average Bonchev–Trinajstić information content (AvgIpc) is 3.51. The molecule has 4 aliphatic rings. The lowest BCUT2D eigenvalue weighted by Crippen LogP contribution is -2.48. The van der Waals surface area contributed by atoms with Crippen LogP contribution in [0.15, 0.2) is 0 Å². The molecule has 0 bridgehead atoms. The molecule has 7 atom stereocenters. The van der Waals surface area contributed by atoms with Gasteiger partial charge in [-0.3, -0.25) is 0 Å². The summed E-state index contributed by atoms with van der Waals surface area (Å²) >= 11 is 0. The Morgan fingerprint density at radius 2 is 1.80 bits per heavy atom. The van der Waals surface area contributed by atoms with Crippen LogP contribution in [0.3, 0.4) is 0 Å². The summed E-state index contributed by atoms with van der Waals surface area (Å²) in [4.78, 5) is 0. The number of nitrogens with zero attached hydrogens (tertiary/aromatic N) is 8. The first-order valence-corrected chi connectivity index (χ1v) is 14.1.